The number of amides is 1. The molecule has 0 aliphatic carbocycles. The maximum Gasteiger partial charge on any atom is 0.308 e. The number of nitrogens with two attached hydrogens (primary N) is 1. The van der Waals surface area contributed by atoms with Crippen LogP contribution in [0.4, 0.5) is 11.9 Å². The second kappa shape index (κ2) is 10.1. The number of ether oxygens (including phenoxy) is 1. The normalized spacial score (nSPS) is 11.4. The molecule has 160 valence electrons. The van der Waals surface area contributed by atoms with Crippen LogP contribution in [0.15, 0.2) is 60.7 Å². The Hall–Kier alpha value is -4.01. The number of benzene rings is 2. The summed E-state index contributed by atoms with van der Waals surface area (Å²) in [5.41, 5.74) is 7.00. The van der Waals surface area contributed by atoms with Gasteiger partial charge in [0.25, 0.3) is 5.91 Å². The van der Waals surface area contributed by atoms with Gasteiger partial charge in [-0.3, -0.25) is 9.59 Å². The minimum absolute atomic E-state index is 0.0436. The Kier molecular flexibility index (Phi) is 7.10. The van der Waals surface area contributed by atoms with Gasteiger partial charge < -0.3 is 20.7 Å². The van der Waals surface area contributed by atoms with Gasteiger partial charge in [-0.2, -0.15) is 15.0 Å². The molecule has 0 radical (unpaired) electrons. The number of aromatic nitrogens is 3. The average molecular weight is 420 g/mol. The molecular weight excluding hydrogens is 396 g/mol. The van der Waals surface area contributed by atoms with Crippen LogP contribution in [0.2, 0.25) is 0 Å². The fraction of sp³-hybridized carbons (Fsp3) is 0.227. The molecule has 0 fully saturated rings. The first-order valence-electron chi connectivity index (χ1n) is 9.66. The van der Waals surface area contributed by atoms with E-state index >= 15 is 0 Å². The van der Waals surface area contributed by atoms with Gasteiger partial charge in [-0.05, 0) is 17.7 Å². The van der Waals surface area contributed by atoms with Crippen molar-refractivity contribution in [3.8, 4) is 0 Å². The monoisotopic (exact) mass is 420 g/mol. The number of hydrogen-bond acceptors (Lipinski definition) is 8. The van der Waals surface area contributed by atoms with Crippen molar-refractivity contribution in [2.24, 2.45) is 0 Å². The summed E-state index contributed by atoms with van der Waals surface area (Å²) in [6.07, 6.45) is -0.0519. The standard InChI is InChI=1S/C22H24N6O3/c1-28(2)22-26-18(25-21(23)27-22)14-31-19(29)13-17(15-9-5-3-6-10-15)24-20(30)16-11-7-4-8-12-16/h3-12,17H,13-14H2,1-2H3,(H,24,30)(H2,23,25,26,27). The molecular formula is C22H24N6O3. The van der Waals surface area contributed by atoms with Crippen molar-refractivity contribution in [3.05, 3.63) is 77.6 Å². The van der Waals surface area contributed by atoms with Crippen LogP contribution in [0.3, 0.4) is 0 Å². The fourth-order valence-electron chi connectivity index (χ4n) is 2.83. The molecule has 0 aliphatic rings. The van der Waals surface area contributed by atoms with Gasteiger partial charge in [-0.1, -0.05) is 48.5 Å². The maximum atomic E-state index is 12.6. The molecule has 3 rings (SSSR count). The van der Waals surface area contributed by atoms with E-state index in [2.05, 4.69) is 20.3 Å². The van der Waals surface area contributed by atoms with E-state index in [4.69, 9.17) is 10.5 Å². The Morgan fingerprint density at radius 1 is 1.00 bits per heavy atom. The molecule has 1 unspecified atom stereocenters. The number of anilines is 2. The number of nitrogens with zero attached hydrogens (tertiary/aromatic N) is 4. The summed E-state index contributed by atoms with van der Waals surface area (Å²) in [4.78, 5) is 39.0. The summed E-state index contributed by atoms with van der Waals surface area (Å²) < 4.78 is 5.34. The van der Waals surface area contributed by atoms with Crippen molar-refractivity contribution in [2.75, 3.05) is 24.7 Å². The minimum atomic E-state index is -0.554. The third kappa shape index (κ3) is 6.23. The molecule has 0 spiro atoms. The zero-order valence-corrected chi connectivity index (χ0v) is 17.4. The van der Waals surface area contributed by atoms with Crippen LogP contribution in [-0.4, -0.2) is 40.9 Å². The van der Waals surface area contributed by atoms with Gasteiger partial charge >= 0.3 is 5.97 Å². The summed E-state index contributed by atoms with van der Waals surface area (Å²) in [5.74, 6) is -0.122. The van der Waals surface area contributed by atoms with Gasteiger partial charge in [-0.25, -0.2) is 0 Å². The van der Waals surface area contributed by atoms with Gasteiger partial charge in [0.1, 0.15) is 0 Å². The third-order valence-corrected chi connectivity index (χ3v) is 4.36. The molecule has 1 aromatic heterocycles. The molecule has 9 nitrogen and oxygen atoms in total. The molecule has 0 aliphatic heterocycles. The number of carbonyl (C=O) groups excluding carboxylic acids is 2. The van der Waals surface area contributed by atoms with E-state index in [-0.39, 0.29) is 30.7 Å². The van der Waals surface area contributed by atoms with E-state index in [1.165, 1.54) is 0 Å². The molecule has 3 aromatic rings. The smallest absolute Gasteiger partial charge is 0.308 e. The molecule has 31 heavy (non-hydrogen) atoms. The quantitative estimate of drug-likeness (QED) is 0.531. The molecule has 1 heterocycles. The Morgan fingerprint density at radius 2 is 1.65 bits per heavy atom. The Labute approximate surface area is 180 Å². The highest BCUT2D eigenvalue weighted by atomic mass is 16.5. The van der Waals surface area contributed by atoms with Crippen LogP contribution in [0.25, 0.3) is 0 Å². The van der Waals surface area contributed by atoms with Crippen molar-refractivity contribution in [3.63, 3.8) is 0 Å². The number of nitrogen functional groups attached to an aromatic ring is 1. The molecule has 0 saturated carbocycles. The molecule has 9 heteroatoms. The van der Waals surface area contributed by atoms with Crippen molar-refractivity contribution in [1.82, 2.24) is 20.3 Å². The molecule has 1 amide bonds. The van der Waals surface area contributed by atoms with E-state index in [0.29, 0.717) is 11.5 Å². The lowest BCUT2D eigenvalue weighted by Crippen LogP contribution is -2.30. The molecule has 3 N–H and O–H groups in total. The third-order valence-electron chi connectivity index (χ3n) is 4.36. The predicted octanol–water partition coefficient (Wildman–Crippen LogP) is 2.12. The first-order valence-corrected chi connectivity index (χ1v) is 9.66. The van der Waals surface area contributed by atoms with Crippen LogP contribution in [0.5, 0.6) is 0 Å². The van der Waals surface area contributed by atoms with Gasteiger partial charge in [0.05, 0.1) is 12.5 Å². The summed E-state index contributed by atoms with van der Waals surface area (Å²) in [6.45, 7) is -0.152. The molecule has 2 aromatic carbocycles. The van der Waals surface area contributed by atoms with Gasteiger partial charge in [0, 0.05) is 19.7 Å². The van der Waals surface area contributed by atoms with Crippen LogP contribution in [0, 0.1) is 0 Å². The van der Waals surface area contributed by atoms with Crippen LogP contribution < -0.4 is 16.0 Å². The Morgan fingerprint density at radius 3 is 2.29 bits per heavy atom. The fourth-order valence-corrected chi connectivity index (χ4v) is 2.83. The van der Waals surface area contributed by atoms with Crippen LogP contribution in [0.1, 0.15) is 34.2 Å². The summed E-state index contributed by atoms with van der Waals surface area (Å²) in [6, 6.07) is 17.5. The van der Waals surface area contributed by atoms with Crippen molar-refractivity contribution in [1.29, 1.82) is 0 Å². The Balaban J connectivity index is 1.68. The van der Waals surface area contributed by atoms with Gasteiger partial charge in [0.2, 0.25) is 11.9 Å². The zero-order chi connectivity index (χ0) is 22.2. The summed E-state index contributed by atoms with van der Waals surface area (Å²) in [7, 11) is 3.54. The second-order valence-electron chi connectivity index (χ2n) is 6.97. The van der Waals surface area contributed by atoms with Crippen molar-refractivity contribution < 1.29 is 14.3 Å². The Bertz CT molecular complexity index is 1030. The number of carbonyl (C=O) groups is 2. The second-order valence-corrected chi connectivity index (χ2v) is 6.97. The number of esters is 1. The highest BCUT2D eigenvalue weighted by Gasteiger charge is 2.20. The lowest BCUT2D eigenvalue weighted by molar-refractivity contribution is -0.145. The first-order chi connectivity index (χ1) is 14.9. The average Bonchev–Trinajstić information content (AvgIpc) is 2.78. The van der Waals surface area contributed by atoms with Crippen molar-refractivity contribution in [2.45, 2.75) is 19.1 Å². The minimum Gasteiger partial charge on any atom is -0.457 e. The predicted molar refractivity (Wildman–Crippen MR) is 116 cm³/mol. The van der Waals surface area contributed by atoms with Gasteiger partial charge in [0.15, 0.2) is 12.4 Å². The van der Waals surface area contributed by atoms with Gasteiger partial charge in [-0.15, -0.1) is 0 Å². The highest BCUT2D eigenvalue weighted by Crippen LogP contribution is 2.19. The lowest BCUT2D eigenvalue weighted by atomic mass is 10.0. The van der Waals surface area contributed by atoms with Crippen LogP contribution >= 0.6 is 0 Å². The van der Waals surface area contributed by atoms with E-state index in [0.717, 1.165) is 5.56 Å². The maximum absolute atomic E-state index is 12.6. The zero-order valence-electron chi connectivity index (χ0n) is 17.4. The lowest BCUT2D eigenvalue weighted by Gasteiger charge is -2.19. The highest BCUT2D eigenvalue weighted by molar-refractivity contribution is 5.94. The van der Waals surface area contributed by atoms with E-state index in [9.17, 15) is 9.59 Å². The summed E-state index contributed by atoms with van der Waals surface area (Å²) >= 11 is 0. The van der Waals surface area contributed by atoms with E-state index in [1.807, 2.05) is 36.4 Å². The van der Waals surface area contributed by atoms with Crippen molar-refractivity contribution >= 4 is 23.8 Å². The first kappa shape index (κ1) is 21.7. The molecule has 0 bridgehead atoms. The van der Waals surface area contributed by atoms with E-state index in [1.54, 1.807) is 43.3 Å². The molecule has 1 atom stereocenters. The van der Waals surface area contributed by atoms with Crippen LogP contribution in [-0.2, 0) is 16.1 Å². The van der Waals surface area contributed by atoms with E-state index < -0.39 is 12.0 Å². The molecule has 0 saturated heterocycles. The largest absolute Gasteiger partial charge is 0.457 e. The topological polar surface area (TPSA) is 123 Å². The number of nitrogens with one attached hydrogen (secondary N) is 1. The SMILES string of the molecule is CN(C)c1nc(N)nc(COC(=O)CC(NC(=O)c2ccccc2)c2ccccc2)n1. The number of rotatable bonds is 8. The summed E-state index contributed by atoms with van der Waals surface area (Å²) in [5, 5.41) is 2.90. The number of hydrogen-bond donors (Lipinski definition) is 2.